The van der Waals surface area contributed by atoms with Gasteiger partial charge in [-0.15, -0.1) is 0 Å². The average Bonchev–Trinajstić information content (AvgIpc) is 2.69. The number of rotatable bonds is 5. The highest BCUT2D eigenvalue weighted by Gasteiger charge is 2.40. The molecule has 168 valence electrons. The number of amides is 2. The second-order valence-corrected chi connectivity index (χ2v) is 9.85. The molecule has 2 unspecified atom stereocenters. The molecule has 2 aromatic rings. The zero-order valence-corrected chi connectivity index (χ0v) is 20.0. The third-order valence-electron chi connectivity index (χ3n) is 6.09. The standard InChI is InChI=1S/C24H30Cl2FN3O/c1-16(18-9-7-10-19(25)22(18)26)28-23(31)30(14-17-8-5-6-11-20(17)27)21-12-13-29(4)15-24(21,2)3/h5-11,16,21H,12-15H2,1-4H3,(H,28,31). The molecule has 31 heavy (non-hydrogen) atoms. The van der Waals surface area contributed by atoms with Crippen LogP contribution in [0.4, 0.5) is 9.18 Å². The van der Waals surface area contributed by atoms with Crippen molar-refractivity contribution in [2.75, 3.05) is 20.1 Å². The lowest BCUT2D eigenvalue weighted by Gasteiger charge is -2.48. The van der Waals surface area contributed by atoms with Crippen molar-refractivity contribution < 1.29 is 9.18 Å². The molecule has 1 fully saturated rings. The molecule has 0 aromatic heterocycles. The van der Waals surface area contributed by atoms with Gasteiger partial charge in [0, 0.05) is 18.2 Å². The molecule has 2 amide bonds. The summed E-state index contributed by atoms with van der Waals surface area (Å²) in [4.78, 5) is 17.6. The van der Waals surface area contributed by atoms with Crippen LogP contribution in [0.3, 0.4) is 0 Å². The number of benzene rings is 2. The molecule has 2 aromatic carbocycles. The van der Waals surface area contributed by atoms with Gasteiger partial charge in [0.15, 0.2) is 0 Å². The zero-order chi connectivity index (χ0) is 22.8. The van der Waals surface area contributed by atoms with Crippen molar-refractivity contribution in [2.45, 2.75) is 45.8 Å². The Bertz CT molecular complexity index is 937. The van der Waals surface area contributed by atoms with Gasteiger partial charge < -0.3 is 15.1 Å². The third-order valence-corrected chi connectivity index (χ3v) is 6.92. The summed E-state index contributed by atoms with van der Waals surface area (Å²) in [6.45, 7) is 8.13. The molecule has 2 atom stereocenters. The second-order valence-electron chi connectivity index (χ2n) is 9.06. The molecule has 1 aliphatic rings. The van der Waals surface area contributed by atoms with E-state index in [1.165, 1.54) is 6.07 Å². The zero-order valence-electron chi connectivity index (χ0n) is 18.5. The largest absolute Gasteiger partial charge is 0.331 e. The first kappa shape index (κ1) is 23.8. The molecule has 0 bridgehead atoms. The van der Waals surface area contributed by atoms with Crippen molar-refractivity contribution in [3.8, 4) is 0 Å². The van der Waals surface area contributed by atoms with Crippen molar-refractivity contribution in [3.05, 3.63) is 69.5 Å². The fourth-order valence-electron chi connectivity index (χ4n) is 4.53. The summed E-state index contributed by atoms with van der Waals surface area (Å²) in [5, 5.41) is 3.93. The minimum Gasteiger partial charge on any atom is -0.331 e. The average molecular weight is 466 g/mol. The van der Waals surface area contributed by atoms with Crippen LogP contribution in [0.1, 0.15) is 44.4 Å². The maximum atomic E-state index is 14.5. The summed E-state index contributed by atoms with van der Waals surface area (Å²) in [5.41, 5.74) is 1.10. The van der Waals surface area contributed by atoms with Crippen molar-refractivity contribution in [1.82, 2.24) is 15.1 Å². The Balaban J connectivity index is 1.89. The van der Waals surface area contributed by atoms with Gasteiger partial charge in [-0.05, 0) is 50.0 Å². The fourth-order valence-corrected chi connectivity index (χ4v) is 5.00. The van der Waals surface area contributed by atoms with Crippen molar-refractivity contribution in [2.24, 2.45) is 5.41 Å². The van der Waals surface area contributed by atoms with Gasteiger partial charge in [-0.1, -0.05) is 67.4 Å². The van der Waals surface area contributed by atoms with E-state index >= 15 is 0 Å². The maximum absolute atomic E-state index is 14.5. The number of urea groups is 1. The van der Waals surface area contributed by atoms with Gasteiger partial charge in [0.25, 0.3) is 0 Å². The van der Waals surface area contributed by atoms with E-state index in [1.807, 2.05) is 19.1 Å². The minimum absolute atomic E-state index is 0.0367. The SMILES string of the molecule is CC(NC(=O)N(Cc1ccccc1F)C1CCN(C)CC1(C)C)c1cccc(Cl)c1Cl. The van der Waals surface area contributed by atoms with E-state index in [1.54, 1.807) is 29.2 Å². The van der Waals surface area contributed by atoms with Crippen LogP contribution < -0.4 is 5.32 Å². The summed E-state index contributed by atoms with van der Waals surface area (Å²) < 4.78 is 14.5. The first-order valence-corrected chi connectivity index (χ1v) is 11.3. The summed E-state index contributed by atoms with van der Waals surface area (Å²) in [6.07, 6.45) is 0.817. The number of piperidine rings is 1. The van der Waals surface area contributed by atoms with E-state index in [2.05, 4.69) is 31.1 Å². The number of likely N-dealkylation sites (tertiary alicyclic amines) is 1. The second kappa shape index (κ2) is 9.76. The lowest BCUT2D eigenvalue weighted by molar-refractivity contribution is 0.0296. The Kier molecular flexibility index (Phi) is 7.51. The number of nitrogens with one attached hydrogen (secondary N) is 1. The number of carbonyl (C=O) groups excluding carboxylic acids is 1. The molecule has 1 N–H and O–H groups in total. The highest BCUT2D eigenvalue weighted by molar-refractivity contribution is 6.42. The van der Waals surface area contributed by atoms with Gasteiger partial charge in [0.1, 0.15) is 5.82 Å². The molecule has 0 radical (unpaired) electrons. The fraction of sp³-hybridized carbons (Fsp3) is 0.458. The van der Waals surface area contributed by atoms with Crippen molar-refractivity contribution in [3.63, 3.8) is 0 Å². The quantitative estimate of drug-likeness (QED) is 0.575. The number of nitrogens with zero attached hydrogens (tertiary/aromatic N) is 2. The monoisotopic (exact) mass is 465 g/mol. The van der Waals surface area contributed by atoms with Gasteiger partial charge in [0.2, 0.25) is 0 Å². The Hall–Kier alpha value is -1.82. The Morgan fingerprint density at radius 2 is 1.97 bits per heavy atom. The van der Waals surface area contributed by atoms with E-state index in [0.717, 1.165) is 25.1 Å². The van der Waals surface area contributed by atoms with Gasteiger partial charge in [-0.3, -0.25) is 0 Å². The highest BCUT2D eigenvalue weighted by Crippen LogP contribution is 2.35. The van der Waals surface area contributed by atoms with E-state index in [4.69, 9.17) is 23.2 Å². The predicted octanol–water partition coefficient (Wildman–Crippen LogP) is 6.14. The van der Waals surface area contributed by atoms with Gasteiger partial charge in [0.05, 0.1) is 22.6 Å². The van der Waals surface area contributed by atoms with E-state index < -0.39 is 0 Å². The summed E-state index contributed by atoms with van der Waals surface area (Å²) in [7, 11) is 2.09. The van der Waals surface area contributed by atoms with Crippen LogP contribution in [-0.2, 0) is 6.54 Å². The number of halogens is 3. The van der Waals surface area contributed by atoms with E-state index in [9.17, 15) is 9.18 Å². The molecule has 1 saturated heterocycles. The van der Waals surface area contributed by atoms with Gasteiger partial charge in [-0.25, -0.2) is 9.18 Å². The summed E-state index contributed by atoms with van der Waals surface area (Å²) in [6, 6.07) is 11.4. The molecular formula is C24H30Cl2FN3O. The van der Waals surface area contributed by atoms with Gasteiger partial charge >= 0.3 is 6.03 Å². The lowest BCUT2D eigenvalue weighted by atomic mass is 9.78. The van der Waals surface area contributed by atoms with Crippen LogP contribution in [0.5, 0.6) is 0 Å². The molecule has 7 heteroatoms. The Morgan fingerprint density at radius 3 is 2.65 bits per heavy atom. The summed E-state index contributed by atoms with van der Waals surface area (Å²) >= 11 is 12.5. The minimum atomic E-state index is -0.351. The molecule has 0 aliphatic carbocycles. The van der Waals surface area contributed by atoms with Crippen molar-refractivity contribution >= 4 is 29.2 Å². The molecule has 4 nitrogen and oxygen atoms in total. The maximum Gasteiger partial charge on any atom is 0.318 e. The Morgan fingerprint density at radius 1 is 1.26 bits per heavy atom. The smallest absolute Gasteiger partial charge is 0.318 e. The van der Waals surface area contributed by atoms with Crippen molar-refractivity contribution in [1.29, 1.82) is 0 Å². The van der Waals surface area contributed by atoms with Crippen LogP contribution in [0, 0.1) is 11.2 Å². The normalized spacial score (nSPS) is 19.6. The van der Waals surface area contributed by atoms with Crippen LogP contribution in [0.15, 0.2) is 42.5 Å². The summed E-state index contributed by atoms with van der Waals surface area (Å²) in [5.74, 6) is -0.308. The van der Waals surface area contributed by atoms with E-state index in [0.29, 0.717) is 15.6 Å². The molecule has 1 heterocycles. The molecule has 0 spiro atoms. The first-order valence-electron chi connectivity index (χ1n) is 10.5. The predicted molar refractivity (Wildman–Crippen MR) is 125 cm³/mol. The Labute approximate surface area is 194 Å². The van der Waals surface area contributed by atoms with Gasteiger partial charge in [-0.2, -0.15) is 0 Å². The molecule has 0 saturated carbocycles. The van der Waals surface area contributed by atoms with Crippen LogP contribution in [0.25, 0.3) is 0 Å². The lowest BCUT2D eigenvalue weighted by Crippen LogP contribution is -2.58. The van der Waals surface area contributed by atoms with E-state index in [-0.39, 0.29) is 35.9 Å². The van der Waals surface area contributed by atoms with Crippen LogP contribution in [0.2, 0.25) is 10.0 Å². The topological polar surface area (TPSA) is 35.6 Å². The van der Waals surface area contributed by atoms with Crippen LogP contribution >= 0.6 is 23.2 Å². The first-order chi connectivity index (χ1) is 14.6. The third kappa shape index (κ3) is 5.51. The molecule has 1 aliphatic heterocycles. The number of carbonyl (C=O) groups is 1. The number of hydrogen-bond acceptors (Lipinski definition) is 2. The molecular weight excluding hydrogens is 436 g/mol. The van der Waals surface area contributed by atoms with Crippen LogP contribution in [-0.4, -0.2) is 42.0 Å². The molecule has 3 rings (SSSR count). The number of hydrogen-bond donors (Lipinski definition) is 1. The highest BCUT2D eigenvalue weighted by atomic mass is 35.5.